The Morgan fingerprint density at radius 3 is 2.59 bits per heavy atom. The van der Waals surface area contributed by atoms with E-state index in [4.69, 9.17) is 4.42 Å². The molecule has 3 rings (SSSR count). The topological polar surface area (TPSA) is 51.0 Å². The summed E-state index contributed by atoms with van der Waals surface area (Å²) in [6, 6.07) is 15.0. The largest absolute Gasteiger partial charge is 0.424 e. The summed E-state index contributed by atoms with van der Waals surface area (Å²) in [6.45, 7) is 3.86. The Labute approximate surface area is 134 Å². The predicted molar refractivity (Wildman–Crippen MR) is 87.8 cm³/mol. The molecular formula is C17H19N3OS. The van der Waals surface area contributed by atoms with Crippen LogP contribution in [-0.2, 0) is 6.42 Å². The Kier molecular flexibility index (Phi) is 4.65. The van der Waals surface area contributed by atoms with Gasteiger partial charge in [-0.15, -0.1) is 21.5 Å². The van der Waals surface area contributed by atoms with Crippen LogP contribution in [0.25, 0.3) is 0 Å². The number of hydrogen-bond acceptors (Lipinski definition) is 5. The van der Waals surface area contributed by atoms with Crippen molar-refractivity contribution < 1.29 is 4.42 Å². The van der Waals surface area contributed by atoms with Crippen molar-refractivity contribution in [2.24, 2.45) is 0 Å². The lowest BCUT2D eigenvalue weighted by atomic mass is 10.0. The summed E-state index contributed by atoms with van der Waals surface area (Å²) >= 11 is 1.76. The van der Waals surface area contributed by atoms with Crippen molar-refractivity contribution in [2.75, 3.05) is 0 Å². The number of aryl methyl sites for hydroxylation is 1. The standard InChI is InChI=1S/C17H19N3OS/c1-12(17-20-19-13(2)21-17)18-15(16-9-6-10-22-16)11-14-7-4-3-5-8-14/h3-10,12,15,18H,11H2,1-2H3/t12-,15-/m0/s1. The monoisotopic (exact) mass is 313 g/mol. The van der Waals surface area contributed by atoms with Gasteiger partial charge in [0.25, 0.3) is 0 Å². The number of nitrogens with zero attached hydrogens (tertiary/aromatic N) is 2. The summed E-state index contributed by atoms with van der Waals surface area (Å²) in [5, 5.41) is 13.7. The van der Waals surface area contributed by atoms with Gasteiger partial charge in [0.15, 0.2) is 0 Å². The summed E-state index contributed by atoms with van der Waals surface area (Å²) in [7, 11) is 0. The third kappa shape index (κ3) is 3.61. The highest BCUT2D eigenvalue weighted by Crippen LogP contribution is 2.26. The molecule has 0 amide bonds. The SMILES string of the molecule is Cc1nnc([C@H](C)N[C@@H](Cc2ccccc2)c2cccs2)o1. The van der Waals surface area contributed by atoms with E-state index in [9.17, 15) is 0 Å². The summed E-state index contributed by atoms with van der Waals surface area (Å²) in [5.74, 6) is 1.23. The lowest BCUT2D eigenvalue weighted by molar-refractivity contribution is 0.372. The average molecular weight is 313 g/mol. The van der Waals surface area contributed by atoms with Gasteiger partial charge >= 0.3 is 0 Å². The number of aromatic nitrogens is 2. The smallest absolute Gasteiger partial charge is 0.233 e. The first-order chi connectivity index (χ1) is 10.7. The van der Waals surface area contributed by atoms with E-state index in [-0.39, 0.29) is 12.1 Å². The molecule has 0 aliphatic carbocycles. The maximum Gasteiger partial charge on any atom is 0.233 e. The number of thiophene rings is 1. The van der Waals surface area contributed by atoms with Gasteiger partial charge in [-0.2, -0.15) is 0 Å². The Bertz CT molecular complexity index is 694. The summed E-state index contributed by atoms with van der Waals surface area (Å²) in [6.07, 6.45) is 0.929. The van der Waals surface area contributed by atoms with Crippen molar-refractivity contribution in [2.45, 2.75) is 32.4 Å². The van der Waals surface area contributed by atoms with Crippen LogP contribution < -0.4 is 5.32 Å². The maximum absolute atomic E-state index is 5.53. The highest BCUT2D eigenvalue weighted by Gasteiger charge is 2.20. The fourth-order valence-electron chi connectivity index (χ4n) is 2.44. The molecule has 3 aromatic rings. The van der Waals surface area contributed by atoms with Crippen LogP contribution in [-0.4, -0.2) is 10.2 Å². The molecule has 4 nitrogen and oxygen atoms in total. The third-order valence-electron chi connectivity index (χ3n) is 3.53. The quantitative estimate of drug-likeness (QED) is 0.745. The molecule has 2 atom stereocenters. The summed E-state index contributed by atoms with van der Waals surface area (Å²) in [5.41, 5.74) is 1.31. The predicted octanol–water partition coefficient (Wildman–Crippen LogP) is 4.07. The van der Waals surface area contributed by atoms with Gasteiger partial charge in [-0.05, 0) is 30.4 Å². The van der Waals surface area contributed by atoms with Gasteiger partial charge in [0.2, 0.25) is 11.8 Å². The van der Waals surface area contributed by atoms with Crippen LogP contribution in [0.15, 0.2) is 52.3 Å². The lowest BCUT2D eigenvalue weighted by Crippen LogP contribution is -2.26. The fourth-order valence-corrected chi connectivity index (χ4v) is 3.23. The van der Waals surface area contributed by atoms with E-state index >= 15 is 0 Å². The molecule has 0 unspecified atom stereocenters. The molecule has 0 aliphatic rings. The van der Waals surface area contributed by atoms with E-state index in [1.54, 1.807) is 11.3 Å². The van der Waals surface area contributed by atoms with Gasteiger partial charge in [0, 0.05) is 17.8 Å². The zero-order valence-corrected chi connectivity index (χ0v) is 13.5. The van der Waals surface area contributed by atoms with E-state index in [2.05, 4.69) is 64.2 Å². The van der Waals surface area contributed by atoms with Gasteiger partial charge < -0.3 is 4.42 Å². The zero-order valence-electron chi connectivity index (χ0n) is 12.7. The van der Waals surface area contributed by atoms with Crippen molar-refractivity contribution in [3.05, 3.63) is 70.1 Å². The maximum atomic E-state index is 5.53. The molecule has 1 N–H and O–H groups in total. The lowest BCUT2D eigenvalue weighted by Gasteiger charge is -2.21. The van der Waals surface area contributed by atoms with E-state index in [0.717, 1.165) is 6.42 Å². The number of benzene rings is 1. The Morgan fingerprint density at radius 2 is 1.95 bits per heavy atom. The van der Waals surface area contributed by atoms with Gasteiger partial charge in [0.05, 0.1) is 6.04 Å². The van der Waals surface area contributed by atoms with Crippen LogP contribution in [0.5, 0.6) is 0 Å². The first kappa shape index (κ1) is 14.9. The molecule has 0 saturated carbocycles. The van der Waals surface area contributed by atoms with E-state index in [1.807, 2.05) is 13.0 Å². The van der Waals surface area contributed by atoms with Crippen molar-refractivity contribution >= 4 is 11.3 Å². The molecule has 1 aromatic carbocycles. The van der Waals surface area contributed by atoms with Crippen molar-refractivity contribution in [3.8, 4) is 0 Å². The van der Waals surface area contributed by atoms with Gasteiger partial charge in [-0.25, -0.2) is 0 Å². The minimum Gasteiger partial charge on any atom is -0.424 e. The van der Waals surface area contributed by atoms with Crippen LogP contribution in [0.2, 0.25) is 0 Å². The molecule has 2 aromatic heterocycles. The number of rotatable bonds is 6. The summed E-state index contributed by atoms with van der Waals surface area (Å²) < 4.78 is 5.53. The molecule has 0 radical (unpaired) electrons. The van der Waals surface area contributed by atoms with Gasteiger partial charge in [0.1, 0.15) is 0 Å². The van der Waals surface area contributed by atoms with Crippen LogP contribution in [0, 0.1) is 6.92 Å². The minimum absolute atomic E-state index is 0.0111. The zero-order chi connectivity index (χ0) is 15.4. The summed E-state index contributed by atoms with van der Waals surface area (Å²) in [4.78, 5) is 1.31. The highest BCUT2D eigenvalue weighted by atomic mass is 32.1. The number of hydrogen-bond donors (Lipinski definition) is 1. The van der Waals surface area contributed by atoms with Crippen LogP contribution >= 0.6 is 11.3 Å². The first-order valence-electron chi connectivity index (χ1n) is 7.36. The Hall–Kier alpha value is -1.98. The van der Waals surface area contributed by atoms with E-state index in [0.29, 0.717) is 11.8 Å². The fraction of sp³-hybridized carbons (Fsp3) is 0.294. The van der Waals surface area contributed by atoms with Crippen molar-refractivity contribution in [1.82, 2.24) is 15.5 Å². The Morgan fingerprint density at radius 1 is 1.14 bits per heavy atom. The Balaban J connectivity index is 1.77. The first-order valence-corrected chi connectivity index (χ1v) is 8.23. The molecule has 0 bridgehead atoms. The minimum atomic E-state index is 0.0111. The van der Waals surface area contributed by atoms with E-state index < -0.39 is 0 Å². The molecule has 22 heavy (non-hydrogen) atoms. The molecule has 0 spiro atoms. The second-order valence-corrected chi connectivity index (χ2v) is 6.28. The second-order valence-electron chi connectivity index (χ2n) is 5.31. The van der Waals surface area contributed by atoms with Crippen LogP contribution in [0.4, 0.5) is 0 Å². The molecule has 5 heteroatoms. The number of nitrogens with one attached hydrogen (secondary N) is 1. The van der Waals surface area contributed by atoms with E-state index in [1.165, 1.54) is 10.4 Å². The molecule has 0 saturated heterocycles. The molecule has 0 fully saturated rings. The normalized spacial score (nSPS) is 13.9. The average Bonchev–Trinajstić information content (AvgIpc) is 3.19. The van der Waals surface area contributed by atoms with Crippen molar-refractivity contribution in [3.63, 3.8) is 0 Å². The second kappa shape index (κ2) is 6.85. The third-order valence-corrected chi connectivity index (χ3v) is 4.52. The highest BCUT2D eigenvalue weighted by molar-refractivity contribution is 7.10. The van der Waals surface area contributed by atoms with Crippen LogP contribution in [0.1, 0.15) is 41.2 Å². The molecule has 2 heterocycles. The molecule has 114 valence electrons. The molecular weight excluding hydrogens is 294 g/mol. The van der Waals surface area contributed by atoms with Gasteiger partial charge in [-0.1, -0.05) is 36.4 Å². The van der Waals surface area contributed by atoms with Crippen molar-refractivity contribution in [1.29, 1.82) is 0 Å². The van der Waals surface area contributed by atoms with Gasteiger partial charge in [-0.3, -0.25) is 5.32 Å². The molecule has 0 aliphatic heterocycles. The van der Waals surface area contributed by atoms with Crippen LogP contribution in [0.3, 0.4) is 0 Å².